The molecule has 4 rings (SSSR count). The molecule has 0 unspecified atom stereocenters. The molecule has 2 aromatic heterocycles. The minimum atomic E-state index is -0.0367. The van der Waals surface area contributed by atoms with Gasteiger partial charge in [-0.1, -0.05) is 24.3 Å². The Morgan fingerprint density at radius 1 is 1.04 bits per heavy atom. The molecule has 0 spiro atoms. The molecule has 0 saturated carbocycles. The number of hydrogen-bond donors (Lipinski definition) is 0. The average molecular weight is 345 g/mol. The van der Waals surface area contributed by atoms with Crippen molar-refractivity contribution in [2.24, 2.45) is 0 Å². The Bertz CT molecular complexity index is 999. The monoisotopic (exact) mass is 345 g/mol. The number of amides is 1. The van der Waals surface area contributed by atoms with Gasteiger partial charge in [-0.25, -0.2) is 4.98 Å². The fourth-order valence-corrected chi connectivity index (χ4v) is 3.42. The minimum Gasteiger partial charge on any atom is -0.304 e. The van der Waals surface area contributed by atoms with Crippen LogP contribution in [0.1, 0.15) is 15.9 Å². The van der Waals surface area contributed by atoms with Gasteiger partial charge in [0.15, 0.2) is 0 Å². The van der Waals surface area contributed by atoms with E-state index in [1.54, 1.807) is 22.8 Å². The highest BCUT2D eigenvalue weighted by Gasteiger charge is 2.19. The number of carbonyl (C=O) groups excluding carboxylic acids is 1. The summed E-state index contributed by atoms with van der Waals surface area (Å²) in [5, 5.41) is 0. The number of pyridine rings is 1. The van der Waals surface area contributed by atoms with Crippen molar-refractivity contribution in [2.45, 2.75) is 6.54 Å². The zero-order chi connectivity index (χ0) is 17.1. The summed E-state index contributed by atoms with van der Waals surface area (Å²) in [6.45, 7) is 0.470. The van der Waals surface area contributed by atoms with Crippen LogP contribution in [0.15, 0.2) is 78.6 Å². The molecule has 0 aliphatic heterocycles. The lowest BCUT2D eigenvalue weighted by atomic mass is 10.1. The predicted octanol–water partition coefficient (Wildman–Crippen LogP) is 4.54. The van der Waals surface area contributed by atoms with Gasteiger partial charge in [0.25, 0.3) is 5.91 Å². The van der Waals surface area contributed by atoms with E-state index in [0.717, 1.165) is 21.5 Å². The zero-order valence-corrected chi connectivity index (χ0v) is 14.2. The molecule has 0 aliphatic carbocycles. The van der Waals surface area contributed by atoms with Crippen molar-refractivity contribution < 1.29 is 4.79 Å². The predicted molar refractivity (Wildman–Crippen MR) is 101 cm³/mol. The molecule has 4 nitrogen and oxygen atoms in total. The van der Waals surface area contributed by atoms with Gasteiger partial charge in [-0.2, -0.15) is 0 Å². The third-order valence-corrected chi connectivity index (χ3v) is 4.75. The van der Waals surface area contributed by atoms with Crippen LogP contribution in [0.4, 0.5) is 5.69 Å². The van der Waals surface area contributed by atoms with Crippen LogP contribution < -0.4 is 4.90 Å². The quantitative estimate of drug-likeness (QED) is 0.545. The highest BCUT2D eigenvalue weighted by molar-refractivity contribution is 7.16. The van der Waals surface area contributed by atoms with Crippen LogP contribution in [0, 0.1) is 0 Å². The fraction of sp³-hybridized carbons (Fsp3) is 0.0500. The third-order valence-electron chi connectivity index (χ3n) is 3.95. The number of para-hydroxylation sites is 1. The molecular weight excluding hydrogens is 330 g/mol. The number of carbonyl (C=O) groups is 1. The summed E-state index contributed by atoms with van der Waals surface area (Å²) in [7, 11) is 0. The van der Waals surface area contributed by atoms with E-state index in [4.69, 9.17) is 0 Å². The number of aromatic nitrogens is 2. The standard InChI is InChI=1S/C20H15N3OS/c24-20(16-8-9-18-19(11-16)25-14-22-18)23(17-6-2-1-3-7-17)13-15-5-4-10-21-12-15/h1-12,14H,13H2. The summed E-state index contributed by atoms with van der Waals surface area (Å²) in [5.41, 5.74) is 5.22. The first-order valence-corrected chi connectivity index (χ1v) is 8.78. The number of hydrogen-bond acceptors (Lipinski definition) is 4. The highest BCUT2D eigenvalue weighted by atomic mass is 32.1. The van der Waals surface area contributed by atoms with Gasteiger partial charge in [-0.3, -0.25) is 9.78 Å². The molecule has 0 saturated heterocycles. The molecule has 25 heavy (non-hydrogen) atoms. The Labute approximate surface area is 149 Å². The normalized spacial score (nSPS) is 10.7. The molecule has 2 heterocycles. The number of thiazole rings is 1. The lowest BCUT2D eigenvalue weighted by Gasteiger charge is -2.23. The molecule has 0 atom stereocenters. The number of anilines is 1. The van der Waals surface area contributed by atoms with Gasteiger partial charge in [0, 0.05) is 23.6 Å². The van der Waals surface area contributed by atoms with Crippen LogP contribution in [0.25, 0.3) is 10.2 Å². The van der Waals surface area contributed by atoms with E-state index >= 15 is 0 Å². The second kappa shape index (κ2) is 6.83. The molecule has 0 radical (unpaired) electrons. The van der Waals surface area contributed by atoms with E-state index in [9.17, 15) is 4.79 Å². The van der Waals surface area contributed by atoms with Gasteiger partial charge in [-0.05, 0) is 42.0 Å². The lowest BCUT2D eigenvalue weighted by Crippen LogP contribution is -2.30. The van der Waals surface area contributed by atoms with Crippen LogP contribution in [-0.2, 0) is 6.54 Å². The summed E-state index contributed by atoms with van der Waals surface area (Å²) in [5.74, 6) is -0.0367. The Morgan fingerprint density at radius 2 is 1.92 bits per heavy atom. The average Bonchev–Trinajstić information content (AvgIpc) is 3.15. The number of benzene rings is 2. The van der Waals surface area contributed by atoms with Crippen LogP contribution in [0.3, 0.4) is 0 Å². The third kappa shape index (κ3) is 3.27. The fourth-order valence-electron chi connectivity index (χ4n) is 2.71. The largest absolute Gasteiger partial charge is 0.304 e. The van der Waals surface area contributed by atoms with Crippen molar-refractivity contribution in [3.63, 3.8) is 0 Å². The molecule has 2 aromatic carbocycles. The maximum Gasteiger partial charge on any atom is 0.258 e. The summed E-state index contributed by atoms with van der Waals surface area (Å²) in [6, 6.07) is 19.2. The van der Waals surface area contributed by atoms with Crippen molar-refractivity contribution in [3.05, 3.63) is 89.7 Å². The van der Waals surface area contributed by atoms with E-state index in [0.29, 0.717) is 12.1 Å². The second-order valence-corrected chi connectivity index (χ2v) is 6.51. The highest BCUT2D eigenvalue weighted by Crippen LogP contribution is 2.23. The molecule has 0 bridgehead atoms. The van der Waals surface area contributed by atoms with E-state index < -0.39 is 0 Å². The maximum atomic E-state index is 13.2. The molecule has 1 amide bonds. The van der Waals surface area contributed by atoms with Crippen molar-refractivity contribution >= 4 is 33.1 Å². The molecular formula is C20H15N3OS. The Balaban J connectivity index is 1.72. The van der Waals surface area contributed by atoms with E-state index in [1.807, 2.05) is 60.7 Å². The van der Waals surface area contributed by atoms with Crippen molar-refractivity contribution in [2.75, 3.05) is 4.90 Å². The van der Waals surface area contributed by atoms with Crippen LogP contribution >= 0.6 is 11.3 Å². The summed E-state index contributed by atoms with van der Waals surface area (Å²) in [6.07, 6.45) is 3.52. The number of rotatable bonds is 4. The molecule has 4 aromatic rings. The minimum absolute atomic E-state index is 0.0367. The lowest BCUT2D eigenvalue weighted by molar-refractivity contribution is 0.0985. The smallest absolute Gasteiger partial charge is 0.258 e. The van der Waals surface area contributed by atoms with Gasteiger partial charge < -0.3 is 4.90 Å². The van der Waals surface area contributed by atoms with E-state index in [1.165, 1.54) is 11.3 Å². The van der Waals surface area contributed by atoms with Crippen LogP contribution in [0.5, 0.6) is 0 Å². The van der Waals surface area contributed by atoms with Crippen LogP contribution in [0.2, 0.25) is 0 Å². The summed E-state index contributed by atoms with van der Waals surface area (Å²) < 4.78 is 1.01. The van der Waals surface area contributed by atoms with Gasteiger partial charge in [0.1, 0.15) is 0 Å². The van der Waals surface area contributed by atoms with Gasteiger partial charge in [0.05, 0.1) is 22.3 Å². The first-order chi connectivity index (χ1) is 12.3. The molecule has 122 valence electrons. The van der Waals surface area contributed by atoms with Crippen LogP contribution in [-0.4, -0.2) is 15.9 Å². The van der Waals surface area contributed by atoms with Gasteiger partial charge >= 0.3 is 0 Å². The molecule has 5 heteroatoms. The van der Waals surface area contributed by atoms with Gasteiger partial charge in [0.2, 0.25) is 0 Å². The Morgan fingerprint density at radius 3 is 2.72 bits per heavy atom. The Kier molecular flexibility index (Phi) is 4.23. The topological polar surface area (TPSA) is 46.1 Å². The van der Waals surface area contributed by atoms with E-state index in [2.05, 4.69) is 9.97 Å². The number of fused-ring (bicyclic) bond motifs is 1. The molecule has 0 aliphatic rings. The van der Waals surface area contributed by atoms with Crippen molar-refractivity contribution in [1.29, 1.82) is 0 Å². The SMILES string of the molecule is O=C(c1ccc2ncsc2c1)N(Cc1cccnc1)c1ccccc1. The van der Waals surface area contributed by atoms with Crippen molar-refractivity contribution in [3.8, 4) is 0 Å². The summed E-state index contributed by atoms with van der Waals surface area (Å²) in [4.78, 5) is 23.4. The van der Waals surface area contributed by atoms with Crippen molar-refractivity contribution in [1.82, 2.24) is 9.97 Å². The number of nitrogens with zero attached hydrogens (tertiary/aromatic N) is 3. The maximum absolute atomic E-state index is 13.2. The molecule has 0 N–H and O–H groups in total. The molecule has 0 fully saturated rings. The second-order valence-electron chi connectivity index (χ2n) is 5.62. The van der Waals surface area contributed by atoms with Gasteiger partial charge in [-0.15, -0.1) is 11.3 Å². The van der Waals surface area contributed by atoms with E-state index in [-0.39, 0.29) is 5.91 Å². The first-order valence-electron chi connectivity index (χ1n) is 7.90. The zero-order valence-electron chi connectivity index (χ0n) is 13.4. The summed E-state index contributed by atoms with van der Waals surface area (Å²) >= 11 is 1.54. The first kappa shape index (κ1) is 15.5. The Hall–Kier alpha value is -3.05.